The number of carbonyl (C=O) groups is 1. The van der Waals surface area contributed by atoms with E-state index < -0.39 is 5.41 Å². The summed E-state index contributed by atoms with van der Waals surface area (Å²) in [4.78, 5) is 12.2. The van der Waals surface area contributed by atoms with Gasteiger partial charge in [0, 0.05) is 0 Å². The molecule has 1 aliphatic carbocycles. The van der Waals surface area contributed by atoms with Crippen molar-refractivity contribution in [1.29, 1.82) is 0 Å². The average Bonchev–Trinajstić information content (AvgIpc) is 2.30. The van der Waals surface area contributed by atoms with Gasteiger partial charge >= 0.3 is 5.97 Å². The van der Waals surface area contributed by atoms with Crippen LogP contribution in [0.25, 0.3) is 0 Å². The summed E-state index contributed by atoms with van der Waals surface area (Å²) in [6, 6.07) is 6.17. The molecule has 0 aliphatic heterocycles. The Labute approximate surface area is 106 Å². The van der Waals surface area contributed by atoms with Crippen molar-refractivity contribution in [3.8, 4) is 0 Å². The molecule has 0 N–H and O–H groups in total. The highest BCUT2D eigenvalue weighted by Crippen LogP contribution is 2.44. The Morgan fingerprint density at radius 2 is 2.06 bits per heavy atom. The number of esters is 1. The molecule has 96 valence electrons. The zero-order chi connectivity index (χ0) is 13.0. The van der Waals surface area contributed by atoms with Crippen LogP contribution < -0.4 is 0 Å². The second-order valence-corrected chi connectivity index (χ2v) is 4.61. The van der Waals surface area contributed by atoms with Gasteiger partial charge in [0.05, 0.1) is 5.41 Å². The van der Waals surface area contributed by atoms with Crippen molar-refractivity contribution in [2.24, 2.45) is 0 Å². The summed E-state index contributed by atoms with van der Waals surface area (Å²) in [6.45, 7) is 2.19. The second kappa shape index (κ2) is 5.34. The quantitative estimate of drug-likeness (QED) is 0.603. The predicted molar refractivity (Wildman–Crippen MR) is 67.7 cm³/mol. The van der Waals surface area contributed by atoms with Crippen LogP contribution in [-0.2, 0) is 14.9 Å². The Balaban J connectivity index is 2.15. The summed E-state index contributed by atoms with van der Waals surface area (Å²) in [5.74, 6) is -0.478. The summed E-state index contributed by atoms with van der Waals surface area (Å²) < 4.78 is 18.2. The lowest BCUT2D eigenvalue weighted by Gasteiger charge is -2.39. The average molecular weight is 248 g/mol. The van der Waals surface area contributed by atoms with Gasteiger partial charge in [0.15, 0.2) is 0 Å². The van der Waals surface area contributed by atoms with Crippen molar-refractivity contribution in [2.45, 2.75) is 31.6 Å². The summed E-state index contributed by atoms with van der Waals surface area (Å²) in [5, 5.41) is 0. The first-order chi connectivity index (χ1) is 8.69. The lowest BCUT2D eigenvalue weighted by Crippen LogP contribution is -2.43. The lowest BCUT2D eigenvalue weighted by atomic mass is 9.64. The van der Waals surface area contributed by atoms with E-state index in [1.807, 2.05) is 13.0 Å². The standard InChI is InChI=1S/C15H17FO2/c1-2-3-11-18-14(17)15(9-4-10-15)12-5-7-13(16)8-6-12/h2-3,5-8H,4,9-11H2,1H3/b3-2+. The molecule has 0 radical (unpaired) electrons. The number of halogens is 1. The Hall–Kier alpha value is -1.64. The number of ether oxygens (including phenoxy) is 1. The van der Waals surface area contributed by atoms with Crippen LogP contribution in [-0.4, -0.2) is 12.6 Å². The largest absolute Gasteiger partial charge is 0.461 e. The first-order valence-corrected chi connectivity index (χ1v) is 6.23. The monoisotopic (exact) mass is 248 g/mol. The van der Waals surface area contributed by atoms with Crippen LogP contribution in [0.15, 0.2) is 36.4 Å². The molecule has 2 rings (SSSR count). The fourth-order valence-corrected chi connectivity index (χ4v) is 2.27. The molecule has 1 aliphatic rings. The van der Waals surface area contributed by atoms with E-state index in [4.69, 9.17) is 4.74 Å². The third-order valence-electron chi connectivity index (χ3n) is 3.54. The number of hydrogen-bond acceptors (Lipinski definition) is 2. The van der Waals surface area contributed by atoms with Gasteiger partial charge in [-0.15, -0.1) is 0 Å². The summed E-state index contributed by atoms with van der Waals surface area (Å²) in [7, 11) is 0. The first kappa shape index (κ1) is 12.8. The highest BCUT2D eigenvalue weighted by molar-refractivity contribution is 5.84. The molecule has 0 aromatic heterocycles. The smallest absolute Gasteiger partial charge is 0.316 e. The zero-order valence-electron chi connectivity index (χ0n) is 10.5. The minimum absolute atomic E-state index is 0.196. The van der Waals surface area contributed by atoms with E-state index in [2.05, 4.69) is 0 Å². The van der Waals surface area contributed by atoms with Crippen LogP contribution in [0.2, 0.25) is 0 Å². The number of benzene rings is 1. The molecule has 1 saturated carbocycles. The molecule has 0 saturated heterocycles. The minimum Gasteiger partial charge on any atom is -0.461 e. The van der Waals surface area contributed by atoms with Gasteiger partial charge in [-0.1, -0.05) is 30.7 Å². The molecule has 0 amide bonds. The Morgan fingerprint density at radius 3 is 2.56 bits per heavy atom. The lowest BCUT2D eigenvalue weighted by molar-refractivity contribution is -0.153. The summed E-state index contributed by atoms with van der Waals surface area (Å²) >= 11 is 0. The van der Waals surface area contributed by atoms with Crippen LogP contribution in [0, 0.1) is 5.82 Å². The summed E-state index contributed by atoms with van der Waals surface area (Å²) in [5.41, 5.74) is 0.315. The molecule has 2 nitrogen and oxygen atoms in total. The van der Waals surface area contributed by atoms with Gasteiger partial charge in [0.1, 0.15) is 12.4 Å². The maximum Gasteiger partial charge on any atom is 0.316 e. The van der Waals surface area contributed by atoms with E-state index in [1.165, 1.54) is 12.1 Å². The van der Waals surface area contributed by atoms with E-state index in [9.17, 15) is 9.18 Å². The molecule has 1 fully saturated rings. The molecule has 1 aromatic rings. The van der Waals surface area contributed by atoms with Crippen molar-refractivity contribution < 1.29 is 13.9 Å². The van der Waals surface area contributed by atoms with Crippen molar-refractivity contribution in [1.82, 2.24) is 0 Å². The molecular formula is C15H17FO2. The van der Waals surface area contributed by atoms with Crippen LogP contribution in [0.5, 0.6) is 0 Å². The predicted octanol–water partition coefficient (Wildman–Crippen LogP) is 3.37. The number of hydrogen-bond donors (Lipinski definition) is 0. The van der Waals surface area contributed by atoms with Crippen molar-refractivity contribution >= 4 is 5.97 Å². The van der Waals surface area contributed by atoms with Crippen molar-refractivity contribution in [3.63, 3.8) is 0 Å². The van der Waals surface area contributed by atoms with E-state index in [0.717, 1.165) is 24.8 Å². The topological polar surface area (TPSA) is 26.3 Å². The molecular weight excluding hydrogens is 231 g/mol. The second-order valence-electron chi connectivity index (χ2n) is 4.61. The van der Waals surface area contributed by atoms with E-state index >= 15 is 0 Å². The molecule has 18 heavy (non-hydrogen) atoms. The minimum atomic E-state index is -0.546. The highest BCUT2D eigenvalue weighted by atomic mass is 19.1. The maximum atomic E-state index is 12.9. The Morgan fingerprint density at radius 1 is 1.39 bits per heavy atom. The number of rotatable bonds is 4. The third kappa shape index (κ3) is 2.30. The van der Waals surface area contributed by atoms with Gasteiger partial charge in [-0.25, -0.2) is 4.39 Å². The van der Waals surface area contributed by atoms with Gasteiger partial charge in [-0.2, -0.15) is 0 Å². The first-order valence-electron chi connectivity index (χ1n) is 6.23. The van der Waals surface area contributed by atoms with Crippen molar-refractivity contribution in [2.75, 3.05) is 6.61 Å². The summed E-state index contributed by atoms with van der Waals surface area (Å²) in [6.07, 6.45) is 6.23. The van der Waals surface area contributed by atoms with E-state index in [-0.39, 0.29) is 11.8 Å². The van der Waals surface area contributed by atoms with Gasteiger partial charge < -0.3 is 4.74 Å². The van der Waals surface area contributed by atoms with Crippen molar-refractivity contribution in [3.05, 3.63) is 47.8 Å². The Kier molecular flexibility index (Phi) is 3.80. The molecule has 0 heterocycles. The van der Waals surface area contributed by atoms with Crippen LogP contribution in [0.4, 0.5) is 4.39 Å². The van der Waals surface area contributed by atoms with Crippen LogP contribution in [0.3, 0.4) is 0 Å². The SMILES string of the molecule is C/C=C/COC(=O)C1(c2ccc(F)cc2)CCC1. The Bertz CT molecular complexity index is 444. The molecule has 0 atom stereocenters. The van der Waals surface area contributed by atoms with E-state index in [0.29, 0.717) is 6.61 Å². The fourth-order valence-electron chi connectivity index (χ4n) is 2.27. The van der Waals surface area contributed by atoms with Gasteiger partial charge in [-0.3, -0.25) is 4.79 Å². The molecule has 1 aromatic carbocycles. The maximum absolute atomic E-state index is 12.9. The third-order valence-corrected chi connectivity index (χ3v) is 3.54. The molecule has 3 heteroatoms. The zero-order valence-corrected chi connectivity index (χ0v) is 10.5. The molecule has 0 bridgehead atoms. The highest BCUT2D eigenvalue weighted by Gasteiger charge is 2.46. The van der Waals surface area contributed by atoms with E-state index in [1.54, 1.807) is 18.2 Å². The van der Waals surface area contributed by atoms with Gasteiger partial charge in [-0.05, 0) is 37.5 Å². The number of carbonyl (C=O) groups excluding carboxylic acids is 1. The van der Waals surface area contributed by atoms with Crippen LogP contribution >= 0.6 is 0 Å². The van der Waals surface area contributed by atoms with Gasteiger partial charge in [0.25, 0.3) is 0 Å². The van der Waals surface area contributed by atoms with Gasteiger partial charge in [0.2, 0.25) is 0 Å². The molecule has 0 spiro atoms. The fraction of sp³-hybridized carbons (Fsp3) is 0.400. The van der Waals surface area contributed by atoms with Crippen LogP contribution in [0.1, 0.15) is 31.7 Å². The normalized spacial score (nSPS) is 17.4. The number of allylic oxidation sites excluding steroid dienone is 1. The molecule has 0 unspecified atom stereocenters.